The topological polar surface area (TPSA) is 32.7 Å². The second kappa shape index (κ2) is 7.80. The van der Waals surface area contributed by atoms with Crippen LogP contribution in [0.25, 0.3) is 0 Å². The average molecular weight is 303 g/mol. The minimum absolute atomic E-state index is 0.411. The van der Waals surface area contributed by atoms with Gasteiger partial charge in [0.2, 0.25) is 0 Å². The molecule has 1 aliphatic rings. The fourth-order valence-corrected chi connectivity index (χ4v) is 3.34. The summed E-state index contributed by atoms with van der Waals surface area (Å²) in [6.45, 7) is 10.1. The van der Waals surface area contributed by atoms with Crippen LogP contribution in [0, 0.1) is 11.8 Å². The zero-order valence-electron chi connectivity index (χ0n) is 14.2. The number of hydroxylamine groups is 2. The Morgan fingerprint density at radius 1 is 1.32 bits per heavy atom. The SMILES string of the molecule is CC=C(CC)Oc1ccc(C2CN(O)CC2CC(C)C)cc1. The van der Waals surface area contributed by atoms with Gasteiger partial charge >= 0.3 is 0 Å². The molecule has 22 heavy (non-hydrogen) atoms. The minimum atomic E-state index is 0.411. The Morgan fingerprint density at radius 3 is 2.55 bits per heavy atom. The predicted octanol–water partition coefficient (Wildman–Crippen LogP) is 4.83. The number of allylic oxidation sites excluding steroid dienone is 2. The van der Waals surface area contributed by atoms with E-state index in [1.165, 1.54) is 10.6 Å². The molecule has 0 saturated carbocycles. The summed E-state index contributed by atoms with van der Waals surface area (Å²) in [4.78, 5) is 0. The van der Waals surface area contributed by atoms with Gasteiger partial charge in [-0.1, -0.05) is 32.9 Å². The van der Waals surface area contributed by atoms with Crippen molar-refractivity contribution in [2.45, 2.75) is 46.5 Å². The summed E-state index contributed by atoms with van der Waals surface area (Å²) in [5.41, 5.74) is 1.30. The Kier molecular flexibility index (Phi) is 6.04. The number of benzene rings is 1. The zero-order chi connectivity index (χ0) is 16.1. The van der Waals surface area contributed by atoms with Gasteiger partial charge in [0.25, 0.3) is 0 Å². The molecule has 0 radical (unpaired) electrons. The molecule has 1 heterocycles. The summed E-state index contributed by atoms with van der Waals surface area (Å²) < 4.78 is 5.84. The maximum atomic E-state index is 9.88. The molecule has 1 aliphatic heterocycles. The van der Waals surface area contributed by atoms with Crippen LogP contribution in [0.4, 0.5) is 0 Å². The first-order chi connectivity index (χ1) is 10.5. The van der Waals surface area contributed by atoms with Crippen LogP contribution in [0.3, 0.4) is 0 Å². The predicted molar refractivity (Wildman–Crippen MR) is 90.2 cm³/mol. The van der Waals surface area contributed by atoms with Crippen LogP contribution < -0.4 is 4.74 Å². The first kappa shape index (κ1) is 17.0. The standard InChI is InChI=1S/C19H29NO2/c1-5-17(6-2)22-18-9-7-15(8-10-18)19-13-20(21)12-16(19)11-14(3)4/h5,7-10,14,16,19,21H,6,11-13H2,1-4H3. The highest BCUT2D eigenvalue weighted by Gasteiger charge is 2.33. The van der Waals surface area contributed by atoms with Crippen molar-refractivity contribution in [1.82, 2.24) is 5.06 Å². The smallest absolute Gasteiger partial charge is 0.126 e. The van der Waals surface area contributed by atoms with Crippen molar-refractivity contribution >= 4 is 0 Å². The normalized spacial score (nSPS) is 23.3. The Bertz CT molecular complexity index is 493. The van der Waals surface area contributed by atoms with Crippen LogP contribution in [0.2, 0.25) is 0 Å². The Balaban J connectivity index is 2.08. The third kappa shape index (κ3) is 4.34. The summed E-state index contributed by atoms with van der Waals surface area (Å²) in [5, 5.41) is 11.4. The van der Waals surface area contributed by atoms with E-state index in [-0.39, 0.29) is 0 Å². The summed E-state index contributed by atoms with van der Waals surface area (Å²) in [7, 11) is 0. The summed E-state index contributed by atoms with van der Waals surface area (Å²) in [6.07, 6.45) is 4.06. The summed E-state index contributed by atoms with van der Waals surface area (Å²) in [6, 6.07) is 8.38. The fourth-order valence-electron chi connectivity index (χ4n) is 3.34. The fraction of sp³-hybridized carbons (Fsp3) is 0.579. The maximum Gasteiger partial charge on any atom is 0.126 e. The zero-order valence-corrected chi connectivity index (χ0v) is 14.2. The Morgan fingerprint density at radius 2 is 2.00 bits per heavy atom. The molecule has 3 heteroatoms. The minimum Gasteiger partial charge on any atom is -0.462 e. The maximum absolute atomic E-state index is 9.88. The molecular formula is C19H29NO2. The summed E-state index contributed by atoms with van der Waals surface area (Å²) >= 11 is 0. The molecule has 0 spiro atoms. The van der Waals surface area contributed by atoms with Crippen molar-refractivity contribution in [2.24, 2.45) is 11.8 Å². The van der Waals surface area contributed by atoms with E-state index in [1.54, 1.807) is 0 Å². The van der Waals surface area contributed by atoms with Gasteiger partial charge in [0.15, 0.2) is 0 Å². The third-order valence-corrected chi connectivity index (χ3v) is 4.42. The molecule has 2 rings (SSSR count). The molecule has 1 fully saturated rings. The second-order valence-corrected chi connectivity index (χ2v) is 6.65. The van der Waals surface area contributed by atoms with E-state index in [1.807, 2.05) is 25.1 Å². The Labute approximate surface area is 134 Å². The van der Waals surface area contributed by atoms with Crippen LogP contribution in [0.5, 0.6) is 5.75 Å². The molecule has 1 aromatic carbocycles. The first-order valence-electron chi connectivity index (χ1n) is 8.40. The third-order valence-electron chi connectivity index (χ3n) is 4.42. The molecule has 0 aliphatic carbocycles. The lowest BCUT2D eigenvalue weighted by Gasteiger charge is -2.20. The number of ether oxygens (including phenoxy) is 1. The molecule has 1 N–H and O–H groups in total. The van der Waals surface area contributed by atoms with Crippen LogP contribution in [0.15, 0.2) is 36.1 Å². The lowest BCUT2D eigenvalue weighted by atomic mass is 9.84. The van der Waals surface area contributed by atoms with Crippen LogP contribution in [0.1, 0.15) is 52.0 Å². The lowest BCUT2D eigenvalue weighted by Crippen LogP contribution is -2.15. The molecule has 0 amide bonds. The lowest BCUT2D eigenvalue weighted by molar-refractivity contribution is -0.0725. The average Bonchev–Trinajstić information content (AvgIpc) is 2.85. The molecule has 2 atom stereocenters. The summed E-state index contributed by atoms with van der Waals surface area (Å²) in [5.74, 6) is 3.47. The highest BCUT2D eigenvalue weighted by Crippen LogP contribution is 2.36. The number of hydrogen-bond donors (Lipinski definition) is 1. The van der Waals surface area contributed by atoms with Gasteiger partial charge in [-0.2, -0.15) is 5.06 Å². The van der Waals surface area contributed by atoms with Crippen LogP contribution >= 0.6 is 0 Å². The van der Waals surface area contributed by atoms with Gasteiger partial charge in [-0.25, -0.2) is 0 Å². The van der Waals surface area contributed by atoms with Crippen molar-refractivity contribution in [1.29, 1.82) is 0 Å². The Hall–Kier alpha value is -1.32. The van der Waals surface area contributed by atoms with Crippen molar-refractivity contribution in [2.75, 3.05) is 13.1 Å². The first-order valence-corrected chi connectivity index (χ1v) is 8.40. The van der Waals surface area contributed by atoms with Crippen LogP contribution in [-0.2, 0) is 0 Å². The number of hydrogen-bond acceptors (Lipinski definition) is 3. The molecule has 1 saturated heterocycles. The van der Waals surface area contributed by atoms with E-state index in [2.05, 4.69) is 32.9 Å². The molecule has 122 valence electrons. The largest absolute Gasteiger partial charge is 0.462 e. The molecule has 3 nitrogen and oxygen atoms in total. The van der Waals surface area contributed by atoms with E-state index < -0.39 is 0 Å². The van der Waals surface area contributed by atoms with Gasteiger partial charge in [0, 0.05) is 25.4 Å². The van der Waals surface area contributed by atoms with E-state index in [4.69, 9.17) is 4.74 Å². The van der Waals surface area contributed by atoms with Gasteiger partial charge in [-0.3, -0.25) is 0 Å². The van der Waals surface area contributed by atoms with E-state index in [0.29, 0.717) is 17.8 Å². The van der Waals surface area contributed by atoms with Crippen molar-refractivity contribution in [3.8, 4) is 5.75 Å². The van der Waals surface area contributed by atoms with Gasteiger partial charge in [-0.05, 0) is 49.0 Å². The van der Waals surface area contributed by atoms with Gasteiger partial charge in [-0.15, -0.1) is 0 Å². The van der Waals surface area contributed by atoms with E-state index in [0.717, 1.165) is 37.4 Å². The van der Waals surface area contributed by atoms with Crippen molar-refractivity contribution in [3.63, 3.8) is 0 Å². The highest BCUT2D eigenvalue weighted by molar-refractivity contribution is 5.31. The molecule has 2 unspecified atom stereocenters. The molecule has 0 aromatic heterocycles. The van der Waals surface area contributed by atoms with Gasteiger partial charge < -0.3 is 9.94 Å². The van der Waals surface area contributed by atoms with Crippen molar-refractivity contribution < 1.29 is 9.94 Å². The molecule has 0 bridgehead atoms. The highest BCUT2D eigenvalue weighted by atomic mass is 16.5. The number of rotatable bonds is 6. The second-order valence-electron chi connectivity index (χ2n) is 6.65. The van der Waals surface area contributed by atoms with E-state index >= 15 is 0 Å². The quantitative estimate of drug-likeness (QED) is 0.764. The monoisotopic (exact) mass is 303 g/mol. The van der Waals surface area contributed by atoms with Gasteiger partial charge in [0.05, 0.1) is 5.76 Å². The number of nitrogens with zero attached hydrogens (tertiary/aromatic N) is 1. The van der Waals surface area contributed by atoms with E-state index in [9.17, 15) is 5.21 Å². The molecular weight excluding hydrogens is 274 g/mol. The van der Waals surface area contributed by atoms with Crippen molar-refractivity contribution in [3.05, 3.63) is 41.7 Å². The molecule has 1 aromatic rings. The van der Waals surface area contributed by atoms with Gasteiger partial charge in [0.1, 0.15) is 5.75 Å². The van der Waals surface area contributed by atoms with Crippen LogP contribution in [-0.4, -0.2) is 23.4 Å².